The molecule has 1 aliphatic rings. The molecular weight excluding hydrogens is 485 g/mol. The first kappa shape index (κ1) is 24.6. The molecule has 1 aromatic carbocycles. The van der Waals surface area contributed by atoms with E-state index in [1.165, 1.54) is 17.2 Å². The number of nitrogens with one attached hydrogen (secondary N) is 1. The van der Waals surface area contributed by atoms with E-state index >= 15 is 0 Å². The summed E-state index contributed by atoms with van der Waals surface area (Å²) in [6.07, 6.45) is 0.0921. The standard InChI is InChI=1S/C21H25Cl2N7O4/c22-5-7-29(8-6-23)14-3-1-13(2-4-14)9-26-28-19-15-10-27-30(20(15)25-12-24-19)21-18(33)17(32)16(11-31)34-21/h1-4,9-10,12,16-18,21,31-33H,5-8,11H2,(H,24,25,28)/b26-9+. The number of anilines is 2. The van der Waals surface area contributed by atoms with Gasteiger partial charge in [-0.05, 0) is 17.7 Å². The van der Waals surface area contributed by atoms with Gasteiger partial charge >= 0.3 is 0 Å². The lowest BCUT2D eigenvalue weighted by molar-refractivity contribution is -0.0566. The second-order valence-corrected chi connectivity index (χ2v) is 8.36. The Hall–Kier alpha value is -2.54. The minimum Gasteiger partial charge on any atom is -0.394 e. The Morgan fingerprint density at radius 3 is 2.50 bits per heavy atom. The maximum atomic E-state index is 10.3. The van der Waals surface area contributed by atoms with Crippen LogP contribution in [0.4, 0.5) is 11.5 Å². The summed E-state index contributed by atoms with van der Waals surface area (Å²) in [4.78, 5) is 10.5. The predicted molar refractivity (Wildman–Crippen MR) is 130 cm³/mol. The number of nitrogens with zero attached hydrogens (tertiary/aromatic N) is 6. The van der Waals surface area contributed by atoms with Crippen molar-refractivity contribution in [2.45, 2.75) is 24.5 Å². The molecule has 4 rings (SSSR count). The Morgan fingerprint density at radius 2 is 1.85 bits per heavy atom. The highest BCUT2D eigenvalue weighted by molar-refractivity contribution is 6.18. The van der Waals surface area contributed by atoms with Crippen molar-refractivity contribution >= 4 is 52.0 Å². The zero-order chi connectivity index (χ0) is 24.1. The Kier molecular flexibility index (Phi) is 8.14. The fourth-order valence-electron chi connectivity index (χ4n) is 3.73. The highest BCUT2D eigenvalue weighted by atomic mass is 35.5. The molecular formula is C21H25Cl2N7O4. The lowest BCUT2D eigenvalue weighted by Crippen LogP contribution is -2.33. The third-order valence-electron chi connectivity index (χ3n) is 5.50. The lowest BCUT2D eigenvalue weighted by atomic mass is 10.1. The first-order valence-electron chi connectivity index (χ1n) is 10.6. The molecule has 13 heteroatoms. The maximum absolute atomic E-state index is 10.3. The number of hydrazone groups is 1. The molecule has 4 atom stereocenters. The topological polar surface area (TPSA) is 141 Å². The number of aliphatic hydroxyl groups is 3. The molecule has 1 saturated heterocycles. The maximum Gasteiger partial charge on any atom is 0.181 e. The molecule has 4 N–H and O–H groups in total. The molecule has 2 aromatic heterocycles. The van der Waals surface area contributed by atoms with Gasteiger partial charge in [0.05, 0.1) is 24.4 Å². The van der Waals surface area contributed by atoms with Gasteiger partial charge in [0.2, 0.25) is 0 Å². The second kappa shape index (κ2) is 11.3. The Labute approximate surface area is 205 Å². The average molecular weight is 510 g/mol. The van der Waals surface area contributed by atoms with Crippen molar-refractivity contribution < 1.29 is 20.1 Å². The largest absolute Gasteiger partial charge is 0.394 e. The SMILES string of the molecule is OCC1OC(n2ncc3c(N/N=C/c4ccc(N(CCCl)CCCl)cc4)ncnc32)C(O)C1O. The van der Waals surface area contributed by atoms with E-state index in [1.54, 1.807) is 6.21 Å². The van der Waals surface area contributed by atoms with E-state index in [0.717, 1.165) is 11.3 Å². The predicted octanol–water partition coefficient (Wildman–Crippen LogP) is 1.17. The molecule has 0 aliphatic carbocycles. The van der Waals surface area contributed by atoms with E-state index in [1.807, 2.05) is 24.3 Å². The monoisotopic (exact) mass is 509 g/mol. The third kappa shape index (κ3) is 5.09. The van der Waals surface area contributed by atoms with Gasteiger partial charge in [-0.2, -0.15) is 10.2 Å². The van der Waals surface area contributed by atoms with Gasteiger partial charge in [0.1, 0.15) is 24.6 Å². The summed E-state index contributed by atoms with van der Waals surface area (Å²) >= 11 is 11.8. The van der Waals surface area contributed by atoms with Crippen molar-refractivity contribution in [2.75, 3.05) is 41.8 Å². The van der Waals surface area contributed by atoms with Crippen LogP contribution >= 0.6 is 23.2 Å². The van der Waals surface area contributed by atoms with Crippen LogP contribution in [0.25, 0.3) is 11.0 Å². The molecule has 0 bridgehead atoms. The van der Waals surface area contributed by atoms with Gasteiger partial charge < -0.3 is 25.0 Å². The molecule has 0 amide bonds. The molecule has 34 heavy (non-hydrogen) atoms. The highest BCUT2D eigenvalue weighted by Gasteiger charge is 2.44. The first-order chi connectivity index (χ1) is 16.6. The number of rotatable bonds is 10. The van der Waals surface area contributed by atoms with Gasteiger partial charge in [0.15, 0.2) is 17.7 Å². The molecule has 1 fully saturated rings. The number of aromatic nitrogens is 4. The van der Waals surface area contributed by atoms with Crippen LogP contribution in [0.5, 0.6) is 0 Å². The van der Waals surface area contributed by atoms with E-state index < -0.39 is 31.1 Å². The van der Waals surface area contributed by atoms with Crippen LogP contribution < -0.4 is 10.3 Å². The normalized spacial score (nSPS) is 22.6. The summed E-state index contributed by atoms with van der Waals surface area (Å²) in [6, 6.07) is 7.83. The third-order valence-corrected chi connectivity index (χ3v) is 5.84. The van der Waals surface area contributed by atoms with E-state index in [4.69, 9.17) is 27.9 Å². The summed E-state index contributed by atoms with van der Waals surface area (Å²) in [5.74, 6) is 1.44. The van der Waals surface area contributed by atoms with Crippen molar-refractivity contribution in [1.82, 2.24) is 19.7 Å². The van der Waals surface area contributed by atoms with Crippen molar-refractivity contribution in [3.63, 3.8) is 0 Å². The van der Waals surface area contributed by atoms with Crippen molar-refractivity contribution in [3.05, 3.63) is 42.4 Å². The number of benzene rings is 1. The molecule has 4 unspecified atom stereocenters. The van der Waals surface area contributed by atoms with E-state index in [0.29, 0.717) is 41.7 Å². The van der Waals surface area contributed by atoms with Gasteiger partial charge in [-0.3, -0.25) is 5.43 Å². The summed E-state index contributed by atoms with van der Waals surface area (Å²) in [5.41, 5.74) is 5.17. The summed E-state index contributed by atoms with van der Waals surface area (Å²) < 4.78 is 6.89. The first-order valence-corrected chi connectivity index (χ1v) is 11.7. The number of hydrogen-bond acceptors (Lipinski definition) is 10. The zero-order valence-electron chi connectivity index (χ0n) is 18.1. The Morgan fingerprint density at radius 1 is 1.12 bits per heavy atom. The number of halogens is 2. The van der Waals surface area contributed by atoms with Gasteiger partial charge in [-0.15, -0.1) is 23.2 Å². The van der Waals surface area contributed by atoms with Crippen molar-refractivity contribution in [2.24, 2.45) is 5.10 Å². The van der Waals surface area contributed by atoms with E-state index in [2.05, 4.69) is 30.5 Å². The van der Waals surface area contributed by atoms with Crippen molar-refractivity contribution in [3.8, 4) is 0 Å². The summed E-state index contributed by atoms with van der Waals surface area (Å²) in [7, 11) is 0. The fourth-order valence-corrected chi connectivity index (χ4v) is 4.14. The quantitative estimate of drug-likeness (QED) is 0.180. The average Bonchev–Trinajstić information content (AvgIpc) is 3.40. The minimum atomic E-state index is -1.27. The molecule has 0 radical (unpaired) electrons. The number of ether oxygens (including phenoxy) is 1. The molecule has 11 nitrogen and oxygen atoms in total. The van der Waals surface area contributed by atoms with E-state index in [9.17, 15) is 15.3 Å². The number of hydrogen-bond donors (Lipinski definition) is 4. The Bertz CT molecular complexity index is 1110. The van der Waals surface area contributed by atoms with Gasteiger partial charge in [-0.1, -0.05) is 12.1 Å². The van der Waals surface area contributed by atoms with Gasteiger partial charge in [-0.25, -0.2) is 14.6 Å². The molecule has 3 aromatic rings. The number of aliphatic hydroxyl groups excluding tert-OH is 3. The number of alkyl halides is 2. The second-order valence-electron chi connectivity index (χ2n) is 7.60. The van der Waals surface area contributed by atoms with E-state index in [-0.39, 0.29) is 0 Å². The van der Waals surface area contributed by atoms with Crippen LogP contribution in [0.2, 0.25) is 0 Å². The molecule has 1 aliphatic heterocycles. The highest BCUT2D eigenvalue weighted by Crippen LogP contribution is 2.31. The zero-order valence-corrected chi connectivity index (χ0v) is 19.6. The summed E-state index contributed by atoms with van der Waals surface area (Å²) in [6.45, 7) is 0.995. The minimum absolute atomic E-state index is 0.380. The van der Waals surface area contributed by atoms with Gasteiger partial charge in [0.25, 0.3) is 0 Å². The summed E-state index contributed by atoms with van der Waals surface area (Å²) in [5, 5.41) is 38.7. The van der Waals surface area contributed by atoms with Crippen LogP contribution in [-0.2, 0) is 4.74 Å². The van der Waals surface area contributed by atoms with Crippen molar-refractivity contribution in [1.29, 1.82) is 0 Å². The molecule has 3 heterocycles. The molecule has 0 saturated carbocycles. The van der Waals surface area contributed by atoms with Crippen LogP contribution in [-0.4, -0.2) is 91.1 Å². The van der Waals surface area contributed by atoms with Crippen LogP contribution in [0, 0.1) is 0 Å². The van der Waals surface area contributed by atoms with Crippen LogP contribution in [0.15, 0.2) is 41.9 Å². The van der Waals surface area contributed by atoms with Crippen LogP contribution in [0.1, 0.15) is 11.8 Å². The van der Waals surface area contributed by atoms with Gasteiger partial charge in [0, 0.05) is 30.5 Å². The fraction of sp³-hybridized carbons (Fsp3) is 0.429. The van der Waals surface area contributed by atoms with Crippen LogP contribution in [0.3, 0.4) is 0 Å². The molecule has 0 spiro atoms. The molecule has 182 valence electrons. The smallest absolute Gasteiger partial charge is 0.181 e. The number of fused-ring (bicyclic) bond motifs is 1. The Balaban J connectivity index is 1.47. The lowest BCUT2D eigenvalue weighted by Gasteiger charge is -2.22.